The van der Waals surface area contributed by atoms with Crippen LogP contribution in [0.4, 0.5) is 17.8 Å². The standard InChI is InChI=1S/C13H25N7O/c1-4-20(5-2)12-16-10(15-11(17-12)19-14)18-13(3)7-6-8-21-9-13/h4-9,14H2,1-3H3,(H2,15,16,17,18,19). The van der Waals surface area contributed by atoms with Gasteiger partial charge >= 0.3 is 0 Å². The van der Waals surface area contributed by atoms with Gasteiger partial charge in [0.05, 0.1) is 12.1 Å². The molecule has 0 bridgehead atoms. The summed E-state index contributed by atoms with van der Waals surface area (Å²) < 4.78 is 5.55. The Kier molecular flexibility index (Phi) is 5.13. The average molecular weight is 295 g/mol. The van der Waals surface area contributed by atoms with Gasteiger partial charge in [0.15, 0.2) is 0 Å². The van der Waals surface area contributed by atoms with Crippen LogP contribution >= 0.6 is 0 Å². The number of aromatic nitrogens is 3. The number of hydrogen-bond donors (Lipinski definition) is 3. The monoisotopic (exact) mass is 295 g/mol. The lowest BCUT2D eigenvalue weighted by molar-refractivity contribution is 0.0537. The number of anilines is 3. The van der Waals surface area contributed by atoms with E-state index in [2.05, 4.69) is 46.5 Å². The predicted octanol–water partition coefficient (Wildman–Crippen LogP) is 0.984. The van der Waals surface area contributed by atoms with Gasteiger partial charge < -0.3 is 15.0 Å². The number of hydrazine groups is 1. The van der Waals surface area contributed by atoms with E-state index in [1.807, 2.05) is 4.90 Å². The molecule has 0 radical (unpaired) electrons. The summed E-state index contributed by atoms with van der Waals surface area (Å²) in [6, 6.07) is 0. The van der Waals surface area contributed by atoms with Gasteiger partial charge in [0.25, 0.3) is 0 Å². The average Bonchev–Trinajstić information content (AvgIpc) is 2.48. The maximum absolute atomic E-state index is 5.55. The topological polar surface area (TPSA) is 101 Å². The van der Waals surface area contributed by atoms with Crippen LogP contribution in [0.1, 0.15) is 33.6 Å². The second-order valence-electron chi connectivity index (χ2n) is 5.44. The molecule has 1 unspecified atom stereocenters. The Labute approximate surface area is 125 Å². The number of rotatable bonds is 6. The number of ether oxygens (including phenoxy) is 1. The van der Waals surface area contributed by atoms with Crippen LogP contribution in [0.5, 0.6) is 0 Å². The van der Waals surface area contributed by atoms with Crippen LogP contribution in [0.15, 0.2) is 0 Å². The molecule has 0 spiro atoms. The molecule has 118 valence electrons. The van der Waals surface area contributed by atoms with Gasteiger partial charge in [-0.25, -0.2) is 5.84 Å². The summed E-state index contributed by atoms with van der Waals surface area (Å²) in [6.07, 6.45) is 2.05. The second kappa shape index (κ2) is 6.86. The number of nitrogen functional groups attached to an aromatic ring is 1. The van der Waals surface area contributed by atoms with Crippen molar-refractivity contribution in [1.82, 2.24) is 15.0 Å². The lowest BCUT2D eigenvalue weighted by atomic mass is 9.95. The minimum absolute atomic E-state index is 0.161. The molecule has 8 nitrogen and oxygen atoms in total. The summed E-state index contributed by atoms with van der Waals surface area (Å²) in [6.45, 7) is 9.34. The van der Waals surface area contributed by atoms with Crippen LogP contribution < -0.4 is 21.5 Å². The Bertz CT molecular complexity index is 458. The zero-order chi connectivity index (χ0) is 15.3. The fraction of sp³-hybridized carbons (Fsp3) is 0.769. The third-order valence-corrected chi connectivity index (χ3v) is 3.65. The first-order valence-electron chi connectivity index (χ1n) is 7.44. The van der Waals surface area contributed by atoms with Crippen LogP contribution in [0.2, 0.25) is 0 Å². The highest BCUT2D eigenvalue weighted by atomic mass is 16.5. The first kappa shape index (κ1) is 15.7. The van der Waals surface area contributed by atoms with Gasteiger partial charge in [0.2, 0.25) is 17.8 Å². The maximum atomic E-state index is 5.55. The summed E-state index contributed by atoms with van der Waals surface area (Å²) in [4.78, 5) is 15.1. The summed E-state index contributed by atoms with van der Waals surface area (Å²) in [7, 11) is 0. The Hall–Kier alpha value is -1.67. The first-order chi connectivity index (χ1) is 10.1. The van der Waals surface area contributed by atoms with E-state index in [9.17, 15) is 0 Å². The molecule has 0 aromatic carbocycles. The molecule has 0 aliphatic carbocycles. The number of hydrogen-bond acceptors (Lipinski definition) is 8. The van der Waals surface area contributed by atoms with Crippen molar-refractivity contribution in [3.8, 4) is 0 Å². The van der Waals surface area contributed by atoms with Gasteiger partial charge in [0, 0.05) is 19.7 Å². The van der Waals surface area contributed by atoms with Crippen molar-refractivity contribution in [3.63, 3.8) is 0 Å². The molecule has 1 fully saturated rings. The van der Waals surface area contributed by atoms with E-state index in [0.717, 1.165) is 32.5 Å². The van der Waals surface area contributed by atoms with Crippen molar-refractivity contribution in [2.45, 2.75) is 39.2 Å². The summed E-state index contributed by atoms with van der Waals surface area (Å²) >= 11 is 0. The van der Waals surface area contributed by atoms with E-state index >= 15 is 0 Å². The normalized spacial score (nSPS) is 21.9. The lowest BCUT2D eigenvalue weighted by Crippen LogP contribution is -2.43. The second-order valence-corrected chi connectivity index (χ2v) is 5.44. The minimum Gasteiger partial charge on any atom is -0.379 e. The van der Waals surface area contributed by atoms with Crippen molar-refractivity contribution >= 4 is 17.8 Å². The highest BCUT2D eigenvalue weighted by molar-refractivity contribution is 5.44. The Balaban J connectivity index is 2.23. The van der Waals surface area contributed by atoms with E-state index < -0.39 is 0 Å². The zero-order valence-electron chi connectivity index (χ0n) is 13.0. The molecule has 1 aliphatic rings. The molecule has 2 rings (SSSR count). The Morgan fingerprint density at radius 1 is 1.24 bits per heavy atom. The molecule has 1 atom stereocenters. The fourth-order valence-electron chi connectivity index (χ4n) is 2.44. The molecule has 8 heteroatoms. The Morgan fingerprint density at radius 2 is 1.95 bits per heavy atom. The third-order valence-electron chi connectivity index (χ3n) is 3.65. The van der Waals surface area contributed by atoms with Crippen molar-refractivity contribution in [2.24, 2.45) is 5.84 Å². The van der Waals surface area contributed by atoms with Gasteiger partial charge in [-0.15, -0.1) is 0 Å². The van der Waals surface area contributed by atoms with Crippen molar-refractivity contribution in [2.75, 3.05) is 41.9 Å². The predicted molar refractivity (Wildman–Crippen MR) is 83.3 cm³/mol. The number of nitrogens with two attached hydrogens (primary N) is 1. The lowest BCUT2D eigenvalue weighted by Gasteiger charge is -2.34. The van der Waals surface area contributed by atoms with Crippen LogP contribution in [-0.4, -0.2) is 46.8 Å². The van der Waals surface area contributed by atoms with Gasteiger partial charge in [-0.1, -0.05) is 0 Å². The molecule has 21 heavy (non-hydrogen) atoms. The highest BCUT2D eigenvalue weighted by Gasteiger charge is 2.28. The van der Waals surface area contributed by atoms with Gasteiger partial charge in [-0.3, -0.25) is 5.43 Å². The molecule has 1 aromatic heterocycles. The van der Waals surface area contributed by atoms with Gasteiger partial charge in [-0.2, -0.15) is 15.0 Å². The Morgan fingerprint density at radius 3 is 2.52 bits per heavy atom. The van der Waals surface area contributed by atoms with Crippen molar-refractivity contribution in [1.29, 1.82) is 0 Å². The SMILES string of the molecule is CCN(CC)c1nc(NN)nc(NC2(C)CCCOC2)n1. The number of nitrogens with zero attached hydrogens (tertiary/aromatic N) is 4. The van der Waals surface area contributed by atoms with Gasteiger partial charge in [0.1, 0.15) is 0 Å². The van der Waals surface area contributed by atoms with Crippen LogP contribution in [-0.2, 0) is 4.74 Å². The molecule has 0 amide bonds. The number of nitrogens with one attached hydrogen (secondary N) is 2. The highest BCUT2D eigenvalue weighted by Crippen LogP contribution is 2.23. The van der Waals surface area contributed by atoms with Crippen molar-refractivity contribution < 1.29 is 4.74 Å². The molecular formula is C13H25N7O. The summed E-state index contributed by atoms with van der Waals surface area (Å²) in [5.74, 6) is 6.96. The van der Waals surface area contributed by atoms with Gasteiger partial charge in [-0.05, 0) is 33.6 Å². The third kappa shape index (κ3) is 3.92. The summed E-state index contributed by atoms with van der Waals surface area (Å²) in [5.41, 5.74) is 2.34. The summed E-state index contributed by atoms with van der Waals surface area (Å²) in [5, 5.41) is 3.37. The molecule has 1 aliphatic heterocycles. The van der Waals surface area contributed by atoms with E-state index in [4.69, 9.17) is 10.6 Å². The first-order valence-corrected chi connectivity index (χ1v) is 7.44. The molecule has 1 saturated heterocycles. The smallest absolute Gasteiger partial charge is 0.243 e. The largest absolute Gasteiger partial charge is 0.379 e. The molecule has 2 heterocycles. The molecule has 4 N–H and O–H groups in total. The molecular weight excluding hydrogens is 270 g/mol. The quantitative estimate of drug-likeness (QED) is 0.527. The fourth-order valence-corrected chi connectivity index (χ4v) is 2.44. The van der Waals surface area contributed by atoms with Crippen molar-refractivity contribution in [3.05, 3.63) is 0 Å². The van der Waals surface area contributed by atoms with E-state index in [1.165, 1.54) is 0 Å². The minimum atomic E-state index is -0.161. The van der Waals surface area contributed by atoms with Crippen LogP contribution in [0, 0.1) is 0 Å². The van der Waals surface area contributed by atoms with Crippen LogP contribution in [0.3, 0.4) is 0 Å². The van der Waals surface area contributed by atoms with Crippen LogP contribution in [0.25, 0.3) is 0 Å². The molecule has 1 aromatic rings. The van der Waals surface area contributed by atoms with E-state index in [1.54, 1.807) is 0 Å². The zero-order valence-corrected chi connectivity index (χ0v) is 13.0. The maximum Gasteiger partial charge on any atom is 0.243 e. The van der Waals surface area contributed by atoms with E-state index in [-0.39, 0.29) is 5.54 Å². The van der Waals surface area contributed by atoms with E-state index in [0.29, 0.717) is 24.5 Å². The molecule has 0 saturated carbocycles.